The number of carbonyl (C=O) groups excluding carboxylic acids is 1. The molecule has 2 aliphatic rings. The molecule has 1 saturated heterocycles. The predicted molar refractivity (Wildman–Crippen MR) is 97.5 cm³/mol. The van der Waals surface area contributed by atoms with Gasteiger partial charge in [0.2, 0.25) is 15.9 Å². The second-order valence-corrected chi connectivity index (χ2v) is 9.24. The van der Waals surface area contributed by atoms with E-state index in [0.717, 1.165) is 31.7 Å². The topological polar surface area (TPSA) is 66.5 Å². The molecule has 1 amide bonds. The summed E-state index contributed by atoms with van der Waals surface area (Å²) in [5, 5.41) is 3.12. The summed E-state index contributed by atoms with van der Waals surface area (Å²) >= 11 is 0. The van der Waals surface area contributed by atoms with Crippen LogP contribution in [-0.2, 0) is 14.8 Å². The van der Waals surface area contributed by atoms with Crippen LogP contribution in [-0.4, -0.2) is 37.8 Å². The third-order valence-electron chi connectivity index (χ3n) is 5.41. The van der Waals surface area contributed by atoms with Gasteiger partial charge in [0.05, 0.1) is 5.92 Å². The van der Waals surface area contributed by atoms with Crippen molar-refractivity contribution in [3.8, 4) is 0 Å². The summed E-state index contributed by atoms with van der Waals surface area (Å²) in [6.07, 6.45) is 7.95. The molecule has 1 N–H and O–H groups in total. The van der Waals surface area contributed by atoms with Crippen molar-refractivity contribution in [2.75, 3.05) is 13.1 Å². The van der Waals surface area contributed by atoms with Crippen LogP contribution >= 0.6 is 0 Å². The number of hydrogen-bond acceptors (Lipinski definition) is 3. The Morgan fingerprint density at radius 1 is 1.04 bits per heavy atom. The summed E-state index contributed by atoms with van der Waals surface area (Å²) < 4.78 is 40.7. The molecule has 0 spiro atoms. The van der Waals surface area contributed by atoms with Gasteiger partial charge in [-0.15, -0.1) is 0 Å². The normalized spacial score (nSPS) is 23.3. The van der Waals surface area contributed by atoms with E-state index in [1.807, 2.05) is 0 Å². The zero-order valence-corrected chi connectivity index (χ0v) is 15.8. The fourth-order valence-corrected chi connectivity index (χ4v) is 5.50. The molecule has 0 aromatic heterocycles. The van der Waals surface area contributed by atoms with Gasteiger partial charge in [-0.05, 0) is 37.8 Å². The van der Waals surface area contributed by atoms with Crippen molar-refractivity contribution in [3.63, 3.8) is 0 Å². The monoisotopic (exact) mass is 382 g/mol. The molecule has 1 aromatic carbocycles. The SMILES string of the molecule is O=C(NC1CCCCCC1)[C@H]1CCCN(S(=O)(=O)c2ccccc2F)C1. The second-order valence-electron chi connectivity index (χ2n) is 7.33. The lowest BCUT2D eigenvalue weighted by atomic mass is 9.97. The van der Waals surface area contributed by atoms with Gasteiger partial charge in [-0.1, -0.05) is 37.8 Å². The van der Waals surface area contributed by atoms with Gasteiger partial charge in [-0.3, -0.25) is 4.79 Å². The highest BCUT2D eigenvalue weighted by Gasteiger charge is 2.35. The van der Waals surface area contributed by atoms with Gasteiger partial charge in [0.1, 0.15) is 10.7 Å². The van der Waals surface area contributed by atoms with Crippen molar-refractivity contribution >= 4 is 15.9 Å². The van der Waals surface area contributed by atoms with Gasteiger partial charge in [0, 0.05) is 19.1 Å². The van der Waals surface area contributed by atoms with Crippen molar-refractivity contribution in [3.05, 3.63) is 30.1 Å². The van der Waals surface area contributed by atoms with E-state index >= 15 is 0 Å². The highest BCUT2D eigenvalue weighted by atomic mass is 32.2. The van der Waals surface area contributed by atoms with E-state index in [1.54, 1.807) is 0 Å². The Labute approximate surface area is 155 Å². The summed E-state index contributed by atoms with van der Waals surface area (Å²) in [7, 11) is -3.92. The van der Waals surface area contributed by atoms with Crippen molar-refractivity contribution in [2.24, 2.45) is 5.92 Å². The Morgan fingerprint density at radius 2 is 1.73 bits per heavy atom. The van der Waals surface area contributed by atoms with Crippen molar-refractivity contribution in [1.82, 2.24) is 9.62 Å². The average Bonchev–Trinajstić information content (AvgIpc) is 2.90. The summed E-state index contributed by atoms with van der Waals surface area (Å²) in [6, 6.07) is 5.60. The molecule has 3 rings (SSSR count). The van der Waals surface area contributed by atoms with Crippen LogP contribution in [0, 0.1) is 11.7 Å². The van der Waals surface area contributed by atoms with Crippen LogP contribution < -0.4 is 5.32 Å². The van der Waals surface area contributed by atoms with Gasteiger partial charge in [0.25, 0.3) is 0 Å². The molecular weight excluding hydrogens is 355 g/mol. The van der Waals surface area contributed by atoms with Gasteiger partial charge in [0.15, 0.2) is 0 Å². The van der Waals surface area contributed by atoms with Crippen LogP contribution in [0.5, 0.6) is 0 Å². The summed E-state index contributed by atoms with van der Waals surface area (Å²) in [5.74, 6) is -1.18. The third-order valence-corrected chi connectivity index (χ3v) is 7.31. The average molecular weight is 383 g/mol. The number of piperidine rings is 1. The van der Waals surface area contributed by atoms with Gasteiger partial charge >= 0.3 is 0 Å². The molecule has 5 nitrogen and oxygen atoms in total. The Hall–Kier alpha value is -1.47. The van der Waals surface area contributed by atoms with Gasteiger partial charge in [-0.25, -0.2) is 12.8 Å². The smallest absolute Gasteiger partial charge is 0.246 e. The van der Waals surface area contributed by atoms with E-state index in [0.29, 0.717) is 19.4 Å². The van der Waals surface area contributed by atoms with E-state index < -0.39 is 15.8 Å². The Balaban J connectivity index is 1.67. The number of nitrogens with zero attached hydrogens (tertiary/aromatic N) is 1. The lowest BCUT2D eigenvalue weighted by Crippen LogP contribution is -2.47. The third kappa shape index (κ3) is 4.43. The van der Waals surface area contributed by atoms with Crippen LogP contribution in [0.4, 0.5) is 4.39 Å². The number of carbonyl (C=O) groups is 1. The van der Waals surface area contributed by atoms with Crippen LogP contribution in [0.2, 0.25) is 0 Å². The minimum Gasteiger partial charge on any atom is -0.353 e. The number of halogens is 1. The largest absolute Gasteiger partial charge is 0.353 e. The fourth-order valence-electron chi connectivity index (χ4n) is 3.91. The molecule has 0 bridgehead atoms. The first-order chi connectivity index (χ1) is 12.5. The van der Waals surface area contributed by atoms with Crippen molar-refractivity contribution in [2.45, 2.75) is 62.3 Å². The zero-order valence-electron chi connectivity index (χ0n) is 15.0. The van der Waals surface area contributed by atoms with Crippen molar-refractivity contribution in [1.29, 1.82) is 0 Å². The molecule has 1 aromatic rings. The minimum absolute atomic E-state index is 0.0645. The number of amides is 1. The maximum atomic E-state index is 14.0. The number of benzene rings is 1. The van der Waals surface area contributed by atoms with Gasteiger partial charge in [-0.2, -0.15) is 4.31 Å². The molecule has 7 heteroatoms. The molecule has 144 valence electrons. The molecule has 1 aliphatic carbocycles. The number of sulfonamides is 1. The number of nitrogens with one attached hydrogen (secondary N) is 1. The quantitative estimate of drug-likeness (QED) is 0.814. The van der Waals surface area contributed by atoms with Gasteiger partial charge < -0.3 is 5.32 Å². The minimum atomic E-state index is -3.92. The molecule has 1 atom stereocenters. The number of hydrogen-bond donors (Lipinski definition) is 1. The molecule has 0 unspecified atom stereocenters. The Bertz CT molecular complexity index is 730. The molecule has 1 heterocycles. The first-order valence-electron chi connectivity index (χ1n) is 9.53. The molecule has 1 saturated carbocycles. The van der Waals surface area contributed by atoms with E-state index in [9.17, 15) is 17.6 Å². The van der Waals surface area contributed by atoms with Crippen molar-refractivity contribution < 1.29 is 17.6 Å². The van der Waals surface area contributed by atoms with E-state index in [4.69, 9.17) is 0 Å². The predicted octanol–water partition coefficient (Wildman–Crippen LogP) is 3.07. The summed E-state index contributed by atoms with van der Waals surface area (Å²) in [5.41, 5.74) is 0. The molecule has 2 fully saturated rings. The van der Waals surface area contributed by atoms with Crippen LogP contribution in [0.25, 0.3) is 0 Å². The maximum Gasteiger partial charge on any atom is 0.246 e. The Morgan fingerprint density at radius 3 is 2.42 bits per heavy atom. The molecular formula is C19H27FN2O3S. The fraction of sp³-hybridized carbons (Fsp3) is 0.632. The number of rotatable bonds is 4. The van der Waals surface area contributed by atoms with E-state index in [1.165, 1.54) is 35.3 Å². The van der Waals surface area contributed by atoms with Crippen LogP contribution in [0.1, 0.15) is 51.4 Å². The molecule has 26 heavy (non-hydrogen) atoms. The zero-order chi connectivity index (χ0) is 18.6. The highest BCUT2D eigenvalue weighted by molar-refractivity contribution is 7.89. The summed E-state index contributed by atoms with van der Waals surface area (Å²) in [4.78, 5) is 12.3. The first-order valence-corrected chi connectivity index (χ1v) is 11.0. The summed E-state index contributed by atoms with van der Waals surface area (Å²) in [6.45, 7) is 0.444. The van der Waals surface area contributed by atoms with Crippen LogP contribution in [0.15, 0.2) is 29.2 Å². The Kier molecular flexibility index (Phi) is 6.29. The van der Waals surface area contributed by atoms with E-state index in [-0.39, 0.29) is 29.3 Å². The lowest BCUT2D eigenvalue weighted by molar-refractivity contribution is -0.126. The first kappa shape index (κ1) is 19.3. The molecule has 0 radical (unpaired) electrons. The van der Waals surface area contributed by atoms with E-state index in [2.05, 4.69) is 5.32 Å². The molecule has 1 aliphatic heterocycles. The standard InChI is InChI=1S/C19H27FN2O3S/c20-17-11-5-6-12-18(17)26(24,25)22-13-7-8-15(14-22)19(23)21-16-9-3-1-2-4-10-16/h5-6,11-12,15-16H,1-4,7-10,13-14H2,(H,21,23)/t15-/m0/s1. The van der Waals surface area contributed by atoms with Crippen LogP contribution in [0.3, 0.4) is 0 Å². The second kappa shape index (κ2) is 8.48. The lowest BCUT2D eigenvalue weighted by Gasteiger charge is -2.32. The highest BCUT2D eigenvalue weighted by Crippen LogP contribution is 2.26. The maximum absolute atomic E-state index is 14.0.